The van der Waals surface area contributed by atoms with Crippen molar-refractivity contribution in [2.24, 2.45) is 0 Å². The number of aryl methyl sites for hydroxylation is 1. The number of fused-ring (bicyclic) bond motifs is 1. The molecule has 2 aromatic rings. The Hall–Kier alpha value is -2.74. The fourth-order valence-electron chi connectivity index (χ4n) is 3.87. The molecule has 3 rings (SSSR count). The lowest BCUT2D eigenvalue weighted by atomic mass is 9.90. The summed E-state index contributed by atoms with van der Waals surface area (Å²) in [6, 6.07) is 8.74. The molecule has 2 amide bonds. The summed E-state index contributed by atoms with van der Waals surface area (Å²) in [6.07, 6.45) is 0.697. The summed E-state index contributed by atoms with van der Waals surface area (Å²) in [6.45, 7) is 7.25. The molecule has 1 atom stereocenters. The average Bonchev–Trinajstić information content (AvgIpc) is 2.77. The molecular weight excluding hydrogens is 476 g/mol. The molecule has 0 saturated heterocycles. The molecule has 0 radical (unpaired) electrons. The number of benzene rings is 2. The van der Waals surface area contributed by atoms with Gasteiger partial charge in [0.15, 0.2) is 11.5 Å². The molecule has 8 heteroatoms. The molecule has 0 saturated carbocycles. The standard InChI is InChI=1S/C24H29BrN2O5/c1-5-31-21-12-16-9-10-27(24(29)26-17-7-8-19(25)15(3)11-17)20(14-23(28)30-4)18(16)13-22(21)32-6-2/h7-8,11-13,20H,5-6,9-10,14H2,1-4H3,(H,26,29)/t20-/m0/s1. The van der Waals surface area contributed by atoms with Crippen molar-refractivity contribution in [3.05, 3.63) is 51.5 Å². The van der Waals surface area contributed by atoms with Crippen LogP contribution in [0.4, 0.5) is 10.5 Å². The van der Waals surface area contributed by atoms with Crippen LogP contribution in [0.1, 0.15) is 43.0 Å². The molecule has 0 spiro atoms. The number of carbonyl (C=O) groups is 2. The molecule has 1 aliphatic heterocycles. The van der Waals surface area contributed by atoms with Gasteiger partial charge in [0.1, 0.15) is 0 Å². The van der Waals surface area contributed by atoms with Gasteiger partial charge in [-0.3, -0.25) is 4.79 Å². The average molecular weight is 505 g/mol. The molecule has 0 bridgehead atoms. The number of nitrogens with zero attached hydrogens (tertiary/aromatic N) is 1. The van der Waals surface area contributed by atoms with E-state index in [2.05, 4.69) is 21.2 Å². The monoisotopic (exact) mass is 504 g/mol. The number of carbonyl (C=O) groups excluding carboxylic acids is 2. The van der Waals surface area contributed by atoms with E-state index in [9.17, 15) is 9.59 Å². The molecule has 0 aromatic heterocycles. The van der Waals surface area contributed by atoms with Gasteiger partial charge in [0.25, 0.3) is 0 Å². The van der Waals surface area contributed by atoms with Gasteiger partial charge in [0.05, 0.1) is 32.8 Å². The van der Waals surface area contributed by atoms with Gasteiger partial charge < -0.3 is 24.4 Å². The van der Waals surface area contributed by atoms with Crippen molar-refractivity contribution < 1.29 is 23.8 Å². The number of anilines is 1. The van der Waals surface area contributed by atoms with E-state index in [0.717, 1.165) is 21.2 Å². The van der Waals surface area contributed by atoms with Crippen molar-refractivity contribution in [3.63, 3.8) is 0 Å². The maximum Gasteiger partial charge on any atom is 0.322 e. The number of nitrogens with one attached hydrogen (secondary N) is 1. The van der Waals surface area contributed by atoms with Crippen LogP contribution in [0.25, 0.3) is 0 Å². The number of amides is 2. The van der Waals surface area contributed by atoms with E-state index in [1.165, 1.54) is 7.11 Å². The first-order valence-corrected chi connectivity index (χ1v) is 11.5. The number of rotatable bonds is 7. The normalized spacial score (nSPS) is 15.0. The second kappa shape index (κ2) is 10.7. The quantitative estimate of drug-likeness (QED) is 0.521. The number of esters is 1. The van der Waals surface area contributed by atoms with E-state index in [4.69, 9.17) is 14.2 Å². The first kappa shape index (κ1) is 23.9. The summed E-state index contributed by atoms with van der Waals surface area (Å²) in [4.78, 5) is 27.2. The number of ether oxygens (including phenoxy) is 3. The Labute approximate surface area is 197 Å². The predicted molar refractivity (Wildman–Crippen MR) is 126 cm³/mol. The number of hydrogen-bond acceptors (Lipinski definition) is 5. The number of urea groups is 1. The van der Waals surface area contributed by atoms with Crippen molar-refractivity contribution in [1.29, 1.82) is 0 Å². The lowest BCUT2D eigenvalue weighted by molar-refractivity contribution is -0.141. The zero-order valence-corrected chi connectivity index (χ0v) is 20.5. The summed E-state index contributed by atoms with van der Waals surface area (Å²) in [5.74, 6) is 0.897. The topological polar surface area (TPSA) is 77.1 Å². The van der Waals surface area contributed by atoms with Gasteiger partial charge in [0, 0.05) is 16.7 Å². The predicted octanol–water partition coefficient (Wildman–Crippen LogP) is 5.25. The molecule has 7 nitrogen and oxygen atoms in total. The third-order valence-corrected chi connectivity index (χ3v) is 6.31. The lowest BCUT2D eigenvalue weighted by Gasteiger charge is -2.37. The van der Waals surface area contributed by atoms with E-state index in [1.807, 2.05) is 51.1 Å². The van der Waals surface area contributed by atoms with Crippen LogP contribution >= 0.6 is 15.9 Å². The van der Waals surface area contributed by atoms with E-state index in [0.29, 0.717) is 43.4 Å². The Bertz CT molecular complexity index is 995. The third-order valence-electron chi connectivity index (χ3n) is 5.42. The second-order valence-electron chi connectivity index (χ2n) is 7.50. The smallest absolute Gasteiger partial charge is 0.322 e. The van der Waals surface area contributed by atoms with Gasteiger partial charge in [-0.15, -0.1) is 0 Å². The first-order chi connectivity index (χ1) is 15.4. The van der Waals surface area contributed by atoms with Crippen LogP contribution in [-0.2, 0) is 16.0 Å². The van der Waals surface area contributed by atoms with Gasteiger partial charge in [-0.1, -0.05) is 15.9 Å². The Morgan fingerprint density at radius 1 is 1.12 bits per heavy atom. The summed E-state index contributed by atoms with van der Waals surface area (Å²) >= 11 is 3.47. The zero-order chi connectivity index (χ0) is 23.3. The van der Waals surface area contributed by atoms with Crippen molar-refractivity contribution in [1.82, 2.24) is 4.90 Å². The largest absolute Gasteiger partial charge is 0.490 e. The number of halogens is 1. The van der Waals surface area contributed by atoms with Crippen LogP contribution in [0, 0.1) is 6.92 Å². The van der Waals surface area contributed by atoms with Gasteiger partial charge >= 0.3 is 12.0 Å². The van der Waals surface area contributed by atoms with E-state index >= 15 is 0 Å². The van der Waals surface area contributed by atoms with Gasteiger partial charge in [-0.2, -0.15) is 0 Å². The fraction of sp³-hybridized carbons (Fsp3) is 0.417. The zero-order valence-electron chi connectivity index (χ0n) is 18.9. The highest BCUT2D eigenvalue weighted by Gasteiger charge is 2.34. The van der Waals surface area contributed by atoms with Gasteiger partial charge in [-0.25, -0.2) is 4.79 Å². The summed E-state index contributed by atoms with van der Waals surface area (Å²) in [5, 5.41) is 2.96. The van der Waals surface area contributed by atoms with Crippen molar-refractivity contribution in [2.75, 3.05) is 32.2 Å². The van der Waals surface area contributed by atoms with Crippen molar-refractivity contribution >= 4 is 33.6 Å². The minimum atomic E-state index is -0.474. The van der Waals surface area contributed by atoms with E-state index < -0.39 is 6.04 Å². The maximum absolute atomic E-state index is 13.2. The van der Waals surface area contributed by atoms with Gasteiger partial charge in [0.2, 0.25) is 0 Å². The molecule has 0 fully saturated rings. The highest BCUT2D eigenvalue weighted by Crippen LogP contribution is 2.40. The van der Waals surface area contributed by atoms with Crippen LogP contribution in [0.3, 0.4) is 0 Å². The van der Waals surface area contributed by atoms with Gasteiger partial charge in [-0.05, 0) is 74.2 Å². The molecule has 0 aliphatic carbocycles. The van der Waals surface area contributed by atoms with Crippen molar-refractivity contribution in [2.45, 2.75) is 39.7 Å². The van der Waals surface area contributed by atoms with Crippen LogP contribution < -0.4 is 14.8 Å². The SMILES string of the molecule is CCOc1cc2c(cc1OCC)[C@H](CC(=O)OC)N(C(=O)Nc1ccc(Br)c(C)c1)CC2. The summed E-state index contributed by atoms with van der Waals surface area (Å²) in [7, 11) is 1.35. The first-order valence-electron chi connectivity index (χ1n) is 10.7. The molecule has 1 N–H and O–H groups in total. The van der Waals surface area contributed by atoms with Crippen LogP contribution in [0.2, 0.25) is 0 Å². The van der Waals surface area contributed by atoms with Crippen LogP contribution in [0.5, 0.6) is 11.5 Å². The third kappa shape index (κ3) is 5.35. The molecule has 1 aliphatic rings. The molecular formula is C24H29BrN2O5. The molecule has 32 heavy (non-hydrogen) atoms. The molecule has 2 aromatic carbocycles. The number of hydrogen-bond donors (Lipinski definition) is 1. The second-order valence-corrected chi connectivity index (χ2v) is 8.35. The highest BCUT2D eigenvalue weighted by molar-refractivity contribution is 9.10. The Morgan fingerprint density at radius 3 is 2.44 bits per heavy atom. The van der Waals surface area contributed by atoms with E-state index in [1.54, 1.807) is 4.90 Å². The summed E-state index contributed by atoms with van der Waals surface area (Å²) in [5.41, 5.74) is 3.62. The molecule has 0 unspecified atom stereocenters. The Balaban J connectivity index is 1.95. The maximum atomic E-state index is 13.2. The molecule has 1 heterocycles. The highest BCUT2D eigenvalue weighted by atomic mass is 79.9. The number of methoxy groups -OCH3 is 1. The van der Waals surface area contributed by atoms with Crippen LogP contribution in [0.15, 0.2) is 34.8 Å². The Kier molecular flexibility index (Phi) is 8.01. The van der Waals surface area contributed by atoms with Crippen molar-refractivity contribution in [3.8, 4) is 11.5 Å². The fourth-order valence-corrected chi connectivity index (χ4v) is 4.11. The minimum absolute atomic E-state index is 0.0514. The van der Waals surface area contributed by atoms with Crippen LogP contribution in [-0.4, -0.2) is 43.8 Å². The molecule has 172 valence electrons. The minimum Gasteiger partial charge on any atom is -0.490 e. The Morgan fingerprint density at radius 2 is 1.81 bits per heavy atom. The summed E-state index contributed by atoms with van der Waals surface area (Å²) < 4.78 is 17.4. The van der Waals surface area contributed by atoms with E-state index in [-0.39, 0.29) is 18.4 Å². The lowest BCUT2D eigenvalue weighted by Crippen LogP contribution is -2.43.